The lowest BCUT2D eigenvalue weighted by molar-refractivity contribution is -0.145. The summed E-state index contributed by atoms with van der Waals surface area (Å²) >= 11 is 0. The van der Waals surface area contributed by atoms with Gasteiger partial charge in [-0.05, 0) is 46.1 Å². The van der Waals surface area contributed by atoms with Crippen molar-refractivity contribution in [2.24, 2.45) is 0 Å². The van der Waals surface area contributed by atoms with Crippen molar-refractivity contribution in [3.8, 4) is 0 Å². The molecule has 0 aromatic rings. The number of carboxylic acid groups (broad SMARTS) is 1. The molecule has 4 nitrogen and oxygen atoms in total. The molecule has 0 spiro atoms. The summed E-state index contributed by atoms with van der Waals surface area (Å²) in [4.78, 5) is 13.3. The molecule has 0 radical (unpaired) electrons. The second-order valence-corrected chi connectivity index (χ2v) is 5.88. The van der Waals surface area contributed by atoms with Crippen molar-refractivity contribution in [2.45, 2.75) is 63.7 Å². The Hall–Kier alpha value is -0.610. The minimum atomic E-state index is -0.679. The van der Waals surface area contributed by atoms with E-state index in [-0.39, 0.29) is 17.7 Å². The molecule has 2 saturated heterocycles. The fourth-order valence-corrected chi connectivity index (χ4v) is 2.96. The van der Waals surface area contributed by atoms with E-state index in [1.807, 2.05) is 0 Å². The molecule has 98 valence electrons. The highest BCUT2D eigenvalue weighted by Crippen LogP contribution is 2.30. The van der Waals surface area contributed by atoms with Crippen LogP contribution < -0.4 is 0 Å². The lowest BCUT2D eigenvalue weighted by Crippen LogP contribution is -2.47. The van der Waals surface area contributed by atoms with Crippen LogP contribution in [-0.4, -0.2) is 46.8 Å². The third-order valence-corrected chi connectivity index (χ3v) is 3.89. The van der Waals surface area contributed by atoms with E-state index in [2.05, 4.69) is 18.7 Å². The molecule has 0 aromatic carbocycles. The molecule has 2 unspecified atom stereocenters. The molecular formula is C13H23NO3. The van der Waals surface area contributed by atoms with Gasteiger partial charge in [-0.25, -0.2) is 0 Å². The second kappa shape index (κ2) is 4.94. The average molecular weight is 241 g/mol. The van der Waals surface area contributed by atoms with E-state index < -0.39 is 5.97 Å². The number of carboxylic acids is 1. The maximum Gasteiger partial charge on any atom is 0.320 e. The summed E-state index contributed by atoms with van der Waals surface area (Å²) in [5, 5.41) is 9.20. The van der Waals surface area contributed by atoms with Crippen LogP contribution in [0.1, 0.15) is 46.0 Å². The van der Waals surface area contributed by atoms with Gasteiger partial charge in [0, 0.05) is 6.54 Å². The molecule has 4 heteroatoms. The van der Waals surface area contributed by atoms with E-state index in [0.29, 0.717) is 0 Å². The van der Waals surface area contributed by atoms with Crippen molar-refractivity contribution in [1.29, 1.82) is 0 Å². The SMILES string of the molecule is CC1(C)CCC(CN2CCCCC2C(=O)O)O1. The van der Waals surface area contributed by atoms with Crippen molar-refractivity contribution < 1.29 is 14.6 Å². The van der Waals surface area contributed by atoms with Crippen LogP contribution in [0.4, 0.5) is 0 Å². The van der Waals surface area contributed by atoms with Crippen molar-refractivity contribution in [2.75, 3.05) is 13.1 Å². The Labute approximate surface area is 103 Å². The van der Waals surface area contributed by atoms with Gasteiger partial charge < -0.3 is 9.84 Å². The Morgan fingerprint density at radius 1 is 1.41 bits per heavy atom. The zero-order chi connectivity index (χ0) is 12.5. The highest BCUT2D eigenvalue weighted by Gasteiger charge is 2.36. The molecule has 0 aromatic heterocycles. The third kappa shape index (κ3) is 3.19. The standard InChI is InChI=1S/C13H23NO3/c1-13(2)7-6-10(17-13)9-14-8-4-3-5-11(14)12(15)16/h10-11H,3-9H2,1-2H3,(H,15,16). The van der Waals surface area contributed by atoms with E-state index in [0.717, 1.165) is 45.2 Å². The number of hydrogen-bond donors (Lipinski definition) is 1. The number of likely N-dealkylation sites (tertiary alicyclic amines) is 1. The van der Waals surface area contributed by atoms with Gasteiger partial charge in [0.25, 0.3) is 0 Å². The van der Waals surface area contributed by atoms with Gasteiger partial charge >= 0.3 is 5.97 Å². The van der Waals surface area contributed by atoms with Gasteiger partial charge in [0.05, 0.1) is 11.7 Å². The molecule has 2 rings (SSSR count). The smallest absolute Gasteiger partial charge is 0.320 e. The minimum absolute atomic E-state index is 0.0286. The van der Waals surface area contributed by atoms with Crippen LogP contribution >= 0.6 is 0 Å². The fourth-order valence-electron chi connectivity index (χ4n) is 2.96. The molecule has 2 atom stereocenters. The maximum absolute atomic E-state index is 11.2. The molecule has 2 heterocycles. The summed E-state index contributed by atoms with van der Waals surface area (Å²) in [5.41, 5.74) is -0.0286. The minimum Gasteiger partial charge on any atom is -0.480 e. The van der Waals surface area contributed by atoms with Crippen LogP contribution in [0.15, 0.2) is 0 Å². The number of aliphatic carboxylic acids is 1. The fraction of sp³-hybridized carbons (Fsp3) is 0.923. The van der Waals surface area contributed by atoms with Gasteiger partial charge in [0.2, 0.25) is 0 Å². The summed E-state index contributed by atoms with van der Waals surface area (Å²) in [6.45, 7) is 5.90. The Morgan fingerprint density at radius 3 is 2.76 bits per heavy atom. The van der Waals surface area contributed by atoms with E-state index in [9.17, 15) is 9.90 Å². The number of hydrogen-bond acceptors (Lipinski definition) is 3. The first kappa shape index (κ1) is 12.8. The monoisotopic (exact) mass is 241 g/mol. The van der Waals surface area contributed by atoms with Gasteiger partial charge in [-0.1, -0.05) is 6.42 Å². The predicted octanol–water partition coefficient (Wildman–Crippen LogP) is 1.88. The number of ether oxygens (including phenoxy) is 1. The number of rotatable bonds is 3. The lowest BCUT2D eigenvalue weighted by Gasteiger charge is -2.34. The van der Waals surface area contributed by atoms with Crippen molar-refractivity contribution >= 4 is 5.97 Å². The van der Waals surface area contributed by atoms with Crippen LogP contribution in [0.3, 0.4) is 0 Å². The number of carbonyl (C=O) groups is 1. The first-order valence-corrected chi connectivity index (χ1v) is 6.63. The summed E-state index contributed by atoms with van der Waals surface area (Å²) < 4.78 is 5.94. The molecular weight excluding hydrogens is 218 g/mol. The summed E-state index contributed by atoms with van der Waals surface area (Å²) in [7, 11) is 0. The zero-order valence-corrected chi connectivity index (χ0v) is 10.8. The Kier molecular flexibility index (Phi) is 3.73. The molecule has 2 aliphatic heterocycles. The zero-order valence-electron chi connectivity index (χ0n) is 10.8. The molecule has 0 bridgehead atoms. The first-order chi connectivity index (χ1) is 7.98. The van der Waals surface area contributed by atoms with Crippen LogP contribution in [0, 0.1) is 0 Å². The lowest BCUT2D eigenvalue weighted by atomic mass is 10.0. The first-order valence-electron chi connectivity index (χ1n) is 6.63. The quantitative estimate of drug-likeness (QED) is 0.819. The van der Waals surface area contributed by atoms with E-state index in [1.165, 1.54) is 0 Å². The average Bonchev–Trinajstić information content (AvgIpc) is 2.58. The van der Waals surface area contributed by atoms with Crippen molar-refractivity contribution in [1.82, 2.24) is 4.90 Å². The highest BCUT2D eigenvalue weighted by atomic mass is 16.5. The van der Waals surface area contributed by atoms with Gasteiger partial charge in [0.15, 0.2) is 0 Å². The molecule has 0 aliphatic carbocycles. The van der Waals surface area contributed by atoms with Crippen molar-refractivity contribution in [3.05, 3.63) is 0 Å². The summed E-state index contributed by atoms with van der Waals surface area (Å²) in [6, 6.07) is -0.295. The molecule has 2 aliphatic rings. The normalized spacial score (nSPS) is 33.8. The number of nitrogens with zero attached hydrogens (tertiary/aromatic N) is 1. The molecule has 0 saturated carbocycles. The summed E-state index contributed by atoms with van der Waals surface area (Å²) in [5.74, 6) is -0.679. The molecule has 1 N–H and O–H groups in total. The molecule has 0 amide bonds. The van der Waals surface area contributed by atoms with Gasteiger partial charge in [-0.3, -0.25) is 9.69 Å². The largest absolute Gasteiger partial charge is 0.480 e. The van der Waals surface area contributed by atoms with Crippen LogP contribution in [0.2, 0.25) is 0 Å². The van der Waals surface area contributed by atoms with E-state index in [1.54, 1.807) is 0 Å². The van der Waals surface area contributed by atoms with Crippen LogP contribution in [0.5, 0.6) is 0 Å². The topological polar surface area (TPSA) is 49.8 Å². The number of piperidine rings is 1. The molecule has 2 fully saturated rings. The van der Waals surface area contributed by atoms with E-state index >= 15 is 0 Å². The Morgan fingerprint density at radius 2 is 2.18 bits per heavy atom. The Balaban J connectivity index is 1.90. The predicted molar refractivity (Wildman–Crippen MR) is 65.0 cm³/mol. The van der Waals surface area contributed by atoms with Gasteiger partial charge in [0.1, 0.15) is 6.04 Å². The maximum atomic E-state index is 11.2. The molecule has 17 heavy (non-hydrogen) atoms. The van der Waals surface area contributed by atoms with Crippen LogP contribution in [0.25, 0.3) is 0 Å². The van der Waals surface area contributed by atoms with Crippen LogP contribution in [-0.2, 0) is 9.53 Å². The highest BCUT2D eigenvalue weighted by molar-refractivity contribution is 5.73. The van der Waals surface area contributed by atoms with Crippen molar-refractivity contribution in [3.63, 3.8) is 0 Å². The van der Waals surface area contributed by atoms with E-state index in [4.69, 9.17) is 4.74 Å². The second-order valence-electron chi connectivity index (χ2n) is 5.88. The summed E-state index contributed by atoms with van der Waals surface area (Å²) in [6.07, 6.45) is 5.26. The Bertz CT molecular complexity index is 290. The van der Waals surface area contributed by atoms with Gasteiger partial charge in [-0.2, -0.15) is 0 Å². The van der Waals surface area contributed by atoms with Gasteiger partial charge in [-0.15, -0.1) is 0 Å². The third-order valence-electron chi connectivity index (χ3n) is 3.89.